The summed E-state index contributed by atoms with van der Waals surface area (Å²) in [6.45, 7) is 7.62. The summed E-state index contributed by atoms with van der Waals surface area (Å²) in [5, 5.41) is 12.5. The van der Waals surface area contributed by atoms with Gasteiger partial charge in [-0.15, -0.1) is 10.2 Å². The van der Waals surface area contributed by atoms with E-state index >= 15 is 0 Å². The Morgan fingerprint density at radius 2 is 2.17 bits per heavy atom. The number of anilines is 1. The van der Waals surface area contributed by atoms with Gasteiger partial charge in [0.2, 0.25) is 16.9 Å². The first-order valence-corrected chi connectivity index (χ1v) is 9.28. The molecule has 7 heteroatoms. The summed E-state index contributed by atoms with van der Waals surface area (Å²) in [5.41, 5.74) is 0. The highest BCUT2D eigenvalue weighted by Gasteiger charge is 2.34. The first-order valence-electron chi connectivity index (χ1n) is 8.47. The molecular formula is C16H26N4O2S. The number of nitrogens with zero attached hydrogens (tertiary/aromatic N) is 3. The summed E-state index contributed by atoms with van der Waals surface area (Å²) in [4.78, 5) is 26.1. The number of amides is 2. The van der Waals surface area contributed by atoms with Crippen LogP contribution in [0.5, 0.6) is 0 Å². The summed E-state index contributed by atoms with van der Waals surface area (Å²) in [7, 11) is 0. The summed E-state index contributed by atoms with van der Waals surface area (Å²) < 4.78 is 0. The molecule has 1 N–H and O–H groups in total. The van der Waals surface area contributed by atoms with Crippen molar-refractivity contribution < 1.29 is 9.59 Å². The van der Waals surface area contributed by atoms with Crippen molar-refractivity contribution in [1.82, 2.24) is 15.1 Å². The lowest BCUT2D eigenvalue weighted by Crippen LogP contribution is -2.29. The molecule has 1 fully saturated rings. The van der Waals surface area contributed by atoms with Gasteiger partial charge in [-0.1, -0.05) is 44.9 Å². The fourth-order valence-corrected chi connectivity index (χ4v) is 3.59. The van der Waals surface area contributed by atoms with Crippen LogP contribution in [0.4, 0.5) is 5.13 Å². The minimum Gasteiger partial charge on any atom is -0.342 e. The maximum absolute atomic E-state index is 12.3. The smallest absolute Gasteiger partial charge is 0.231 e. The number of aromatic nitrogens is 2. The van der Waals surface area contributed by atoms with E-state index in [9.17, 15) is 9.59 Å². The molecular weight excluding hydrogens is 312 g/mol. The molecule has 1 aromatic heterocycles. The van der Waals surface area contributed by atoms with Gasteiger partial charge in [-0.05, 0) is 12.8 Å². The van der Waals surface area contributed by atoms with Crippen LogP contribution in [0, 0.1) is 5.92 Å². The standard InChI is InChI=1S/C16H26N4O2S/c1-4-6-8-20-10-12(9-13(20)21)14(22)17-16-19-18-15(23-16)11(3)7-5-2/h11-12H,4-10H2,1-3H3,(H,17,19,22)/t11-,12-/m0/s1. The number of hydrogen-bond acceptors (Lipinski definition) is 5. The minimum absolute atomic E-state index is 0.0770. The monoisotopic (exact) mass is 338 g/mol. The van der Waals surface area contributed by atoms with Crippen molar-refractivity contribution in [2.24, 2.45) is 5.92 Å². The number of nitrogens with one attached hydrogen (secondary N) is 1. The third kappa shape index (κ3) is 4.73. The molecule has 1 aliphatic rings. The second-order valence-corrected chi connectivity index (χ2v) is 7.23. The number of likely N-dealkylation sites (tertiary alicyclic amines) is 1. The highest BCUT2D eigenvalue weighted by Crippen LogP contribution is 2.27. The normalized spacial score (nSPS) is 19.2. The van der Waals surface area contributed by atoms with Crippen LogP contribution in [-0.4, -0.2) is 40.0 Å². The number of rotatable bonds is 8. The Bertz CT molecular complexity index is 546. The number of hydrogen-bond donors (Lipinski definition) is 1. The molecule has 0 aliphatic carbocycles. The molecule has 2 atom stereocenters. The Labute approximate surface area is 141 Å². The fourth-order valence-electron chi connectivity index (χ4n) is 2.76. The van der Waals surface area contributed by atoms with Gasteiger partial charge in [-0.2, -0.15) is 0 Å². The van der Waals surface area contributed by atoms with E-state index in [1.54, 1.807) is 4.90 Å². The predicted octanol–water partition coefficient (Wildman–Crippen LogP) is 3.03. The van der Waals surface area contributed by atoms with E-state index in [-0.39, 0.29) is 17.7 Å². The van der Waals surface area contributed by atoms with Gasteiger partial charge in [0, 0.05) is 25.4 Å². The van der Waals surface area contributed by atoms with E-state index < -0.39 is 0 Å². The van der Waals surface area contributed by atoms with Gasteiger partial charge in [0.05, 0.1) is 5.92 Å². The van der Waals surface area contributed by atoms with Crippen molar-refractivity contribution in [2.75, 3.05) is 18.4 Å². The molecule has 128 valence electrons. The molecule has 1 saturated heterocycles. The van der Waals surface area contributed by atoms with E-state index in [0.29, 0.717) is 24.0 Å². The first-order chi connectivity index (χ1) is 11.0. The second kappa shape index (κ2) is 8.38. The van der Waals surface area contributed by atoms with Crippen molar-refractivity contribution in [2.45, 2.75) is 58.8 Å². The molecule has 2 heterocycles. The van der Waals surface area contributed by atoms with Gasteiger partial charge in [-0.25, -0.2) is 0 Å². The van der Waals surface area contributed by atoms with Crippen LogP contribution < -0.4 is 5.32 Å². The fraction of sp³-hybridized carbons (Fsp3) is 0.750. The largest absolute Gasteiger partial charge is 0.342 e. The van der Waals surface area contributed by atoms with Crippen LogP contribution in [0.2, 0.25) is 0 Å². The predicted molar refractivity (Wildman–Crippen MR) is 91.5 cm³/mol. The van der Waals surface area contributed by atoms with Crippen molar-refractivity contribution in [3.05, 3.63) is 5.01 Å². The van der Waals surface area contributed by atoms with Gasteiger partial charge < -0.3 is 10.2 Å². The van der Waals surface area contributed by atoms with Crippen molar-refractivity contribution in [3.8, 4) is 0 Å². The zero-order chi connectivity index (χ0) is 16.8. The third-order valence-electron chi connectivity index (χ3n) is 4.18. The van der Waals surface area contributed by atoms with E-state index in [4.69, 9.17) is 0 Å². The van der Waals surface area contributed by atoms with Gasteiger partial charge >= 0.3 is 0 Å². The highest BCUT2D eigenvalue weighted by molar-refractivity contribution is 7.15. The molecule has 0 aromatic carbocycles. The van der Waals surface area contributed by atoms with Crippen molar-refractivity contribution in [1.29, 1.82) is 0 Å². The minimum atomic E-state index is -0.278. The number of carbonyl (C=O) groups excluding carboxylic acids is 2. The van der Waals surface area contributed by atoms with Crippen LogP contribution in [0.25, 0.3) is 0 Å². The molecule has 0 radical (unpaired) electrons. The van der Waals surface area contributed by atoms with E-state index in [1.165, 1.54) is 11.3 Å². The summed E-state index contributed by atoms with van der Waals surface area (Å²) in [6.07, 6.45) is 4.49. The first kappa shape index (κ1) is 17.8. The van der Waals surface area contributed by atoms with E-state index in [1.807, 2.05) is 0 Å². The van der Waals surface area contributed by atoms with Gasteiger partial charge in [-0.3, -0.25) is 9.59 Å². The maximum Gasteiger partial charge on any atom is 0.231 e. The topological polar surface area (TPSA) is 75.2 Å². The van der Waals surface area contributed by atoms with Crippen LogP contribution >= 0.6 is 11.3 Å². The highest BCUT2D eigenvalue weighted by atomic mass is 32.1. The molecule has 1 aliphatic heterocycles. The molecule has 2 rings (SSSR count). The lowest BCUT2D eigenvalue weighted by molar-refractivity contribution is -0.128. The van der Waals surface area contributed by atoms with Crippen LogP contribution in [-0.2, 0) is 9.59 Å². The maximum atomic E-state index is 12.3. The summed E-state index contributed by atoms with van der Waals surface area (Å²) in [5.74, 6) is 0.0387. The zero-order valence-corrected chi connectivity index (χ0v) is 15.0. The summed E-state index contributed by atoms with van der Waals surface area (Å²) in [6, 6.07) is 0. The van der Waals surface area contributed by atoms with E-state index in [0.717, 1.165) is 37.2 Å². The molecule has 2 amide bonds. The lowest BCUT2D eigenvalue weighted by Gasteiger charge is -2.15. The molecule has 1 aromatic rings. The van der Waals surface area contributed by atoms with Crippen molar-refractivity contribution in [3.63, 3.8) is 0 Å². The third-order valence-corrected chi connectivity index (χ3v) is 5.25. The van der Waals surface area contributed by atoms with Gasteiger partial charge in [0.25, 0.3) is 0 Å². The molecule has 0 spiro atoms. The zero-order valence-electron chi connectivity index (χ0n) is 14.2. The van der Waals surface area contributed by atoms with Crippen LogP contribution in [0.15, 0.2) is 0 Å². The molecule has 0 saturated carbocycles. The Balaban J connectivity index is 1.89. The quantitative estimate of drug-likeness (QED) is 0.790. The molecule has 0 bridgehead atoms. The molecule has 23 heavy (non-hydrogen) atoms. The van der Waals surface area contributed by atoms with E-state index in [2.05, 4.69) is 36.3 Å². The average molecular weight is 338 g/mol. The summed E-state index contributed by atoms with van der Waals surface area (Å²) >= 11 is 1.43. The van der Waals surface area contributed by atoms with Gasteiger partial charge in [0.15, 0.2) is 0 Å². The van der Waals surface area contributed by atoms with Crippen LogP contribution in [0.3, 0.4) is 0 Å². The van der Waals surface area contributed by atoms with Crippen molar-refractivity contribution >= 4 is 28.3 Å². The van der Waals surface area contributed by atoms with Crippen LogP contribution in [0.1, 0.15) is 63.8 Å². The Hall–Kier alpha value is -1.50. The number of carbonyl (C=O) groups is 2. The molecule has 0 unspecified atom stereocenters. The average Bonchev–Trinajstić information content (AvgIpc) is 3.12. The van der Waals surface area contributed by atoms with Gasteiger partial charge in [0.1, 0.15) is 5.01 Å². The number of unbranched alkanes of at least 4 members (excludes halogenated alkanes) is 1. The molecule has 6 nitrogen and oxygen atoms in total. The Kier molecular flexibility index (Phi) is 6.50. The lowest BCUT2D eigenvalue weighted by atomic mass is 10.1. The Morgan fingerprint density at radius 1 is 1.39 bits per heavy atom. The SMILES string of the molecule is CCCCN1C[C@@H](C(=O)Nc2nnc([C@@H](C)CCC)s2)CC1=O. The second-order valence-electron chi connectivity index (χ2n) is 6.22. The Morgan fingerprint density at radius 3 is 2.87 bits per heavy atom.